The first-order chi connectivity index (χ1) is 6.74. The standard InChI is InChI=1S/C12H18N2/c1-9(7-10-5-6-10)14-12-4-2-3-11(13)8-12/h2-4,8-10,14H,5-7,13H2,1H3. The minimum atomic E-state index is 0.560. The summed E-state index contributed by atoms with van der Waals surface area (Å²) in [4.78, 5) is 0. The van der Waals surface area contributed by atoms with Crippen LogP contribution < -0.4 is 11.1 Å². The molecule has 0 spiro atoms. The Kier molecular flexibility index (Phi) is 2.62. The molecule has 0 heterocycles. The van der Waals surface area contributed by atoms with Crippen molar-refractivity contribution >= 4 is 11.4 Å². The summed E-state index contributed by atoms with van der Waals surface area (Å²) in [6.07, 6.45) is 4.13. The number of hydrogen-bond donors (Lipinski definition) is 2. The van der Waals surface area contributed by atoms with Crippen LogP contribution in [0.25, 0.3) is 0 Å². The summed E-state index contributed by atoms with van der Waals surface area (Å²) >= 11 is 0. The van der Waals surface area contributed by atoms with Crippen LogP contribution in [0.2, 0.25) is 0 Å². The van der Waals surface area contributed by atoms with Gasteiger partial charge < -0.3 is 11.1 Å². The van der Waals surface area contributed by atoms with Gasteiger partial charge in [0.15, 0.2) is 0 Å². The summed E-state index contributed by atoms with van der Waals surface area (Å²) in [5.74, 6) is 0.971. The van der Waals surface area contributed by atoms with Crippen LogP contribution >= 0.6 is 0 Å². The second-order valence-corrected chi connectivity index (χ2v) is 4.35. The number of benzene rings is 1. The minimum absolute atomic E-state index is 0.560. The average molecular weight is 190 g/mol. The van der Waals surface area contributed by atoms with Gasteiger partial charge in [-0.25, -0.2) is 0 Å². The highest BCUT2D eigenvalue weighted by Crippen LogP contribution is 2.34. The highest BCUT2D eigenvalue weighted by atomic mass is 14.9. The molecule has 1 fully saturated rings. The zero-order chi connectivity index (χ0) is 9.97. The van der Waals surface area contributed by atoms with Crippen LogP contribution in [-0.2, 0) is 0 Å². The molecule has 0 aromatic heterocycles. The van der Waals surface area contributed by atoms with E-state index in [1.807, 2.05) is 18.2 Å². The fourth-order valence-corrected chi connectivity index (χ4v) is 1.83. The van der Waals surface area contributed by atoms with E-state index in [9.17, 15) is 0 Å². The van der Waals surface area contributed by atoms with E-state index < -0.39 is 0 Å². The van der Waals surface area contributed by atoms with E-state index in [0.717, 1.165) is 17.3 Å². The third kappa shape index (κ3) is 2.66. The van der Waals surface area contributed by atoms with Crippen LogP contribution in [0.4, 0.5) is 11.4 Å². The number of nitrogens with one attached hydrogen (secondary N) is 1. The van der Waals surface area contributed by atoms with Crippen molar-refractivity contribution in [2.45, 2.75) is 32.2 Å². The van der Waals surface area contributed by atoms with Crippen LogP contribution in [0.5, 0.6) is 0 Å². The Morgan fingerprint density at radius 3 is 2.93 bits per heavy atom. The van der Waals surface area contributed by atoms with E-state index in [0.29, 0.717) is 6.04 Å². The number of nitrogens with two attached hydrogens (primary N) is 1. The van der Waals surface area contributed by atoms with E-state index in [1.54, 1.807) is 0 Å². The van der Waals surface area contributed by atoms with Gasteiger partial charge in [0.1, 0.15) is 0 Å². The zero-order valence-corrected chi connectivity index (χ0v) is 8.66. The van der Waals surface area contributed by atoms with Gasteiger partial charge >= 0.3 is 0 Å². The van der Waals surface area contributed by atoms with Gasteiger partial charge in [-0.1, -0.05) is 18.9 Å². The molecule has 2 nitrogen and oxygen atoms in total. The van der Waals surface area contributed by atoms with Gasteiger partial charge in [0.25, 0.3) is 0 Å². The summed E-state index contributed by atoms with van der Waals surface area (Å²) in [5, 5.41) is 3.47. The van der Waals surface area contributed by atoms with Crippen molar-refractivity contribution in [3.05, 3.63) is 24.3 Å². The SMILES string of the molecule is CC(CC1CC1)Nc1cccc(N)c1. The molecule has 14 heavy (non-hydrogen) atoms. The molecule has 1 aromatic rings. The van der Waals surface area contributed by atoms with E-state index in [1.165, 1.54) is 19.3 Å². The maximum atomic E-state index is 5.71. The first kappa shape index (κ1) is 9.38. The number of nitrogen functional groups attached to an aromatic ring is 1. The summed E-state index contributed by atoms with van der Waals surface area (Å²) in [5.41, 5.74) is 7.67. The molecular formula is C12H18N2. The molecule has 1 atom stereocenters. The topological polar surface area (TPSA) is 38.0 Å². The average Bonchev–Trinajstić information content (AvgIpc) is 2.87. The van der Waals surface area contributed by atoms with Crippen molar-refractivity contribution < 1.29 is 0 Å². The van der Waals surface area contributed by atoms with Crippen LogP contribution in [0, 0.1) is 5.92 Å². The predicted octanol–water partition coefficient (Wildman–Crippen LogP) is 2.87. The van der Waals surface area contributed by atoms with Gasteiger partial charge in [0.2, 0.25) is 0 Å². The quantitative estimate of drug-likeness (QED) is 0.716. The predicted molar refractivity (Wildman–Crippen MR) is 61.3 cm³/mol. The Balaban J connectivity index is 1.88. The van der Waals surface area contributed by atoms with E-state index in [2.05, 4.69) is 18.3 Å². The monoisotopic (exact) mass is 190 g/mol. The van der Waals surface area contributed by atoms with E-state index in [4.69, 9.17) is 5.73 Å². The lowest BCUT2D eigenvalue weighted by Crippen LogP contribution is -2.15. The molecule has 0 amide bonds. The molecule has 1 aliphatic rings. The lowest BCUT2D eigenvalue weighted by molar-refractivity contribution is 0.642. The van der Waals surface area contributed by atoms with Crippen LogP contribution in [0.3, 0.4) is 0 Å². The Labute approximate surface area is 85.5 Å². The minimum Gasteiger partial charge on any atom is -0.399 e. The maximum absolute atomic E-state index is 5.71. The van der Waals surface area contributed by atoms with Crippen LogP contribution in [0.15, 0.2) is 24.3 Å². The second kappa shape index (κ2) is 3.91. The van der Waals surface area contributed by atoms with Gasteiger partial charge in [-0.3, -0.25) is 0 Å². The molecule has 0 radical (unpaired) electrons. The molecule has 0 bridgehead atoms. The fraction of sp³-hybridized carbons (Fsp3) is 0.500. The van der Waals surface area contributed by atoms with Crippen LogP contribution in [0.1, 0.15) is 26.2 Å². The molecule has 2 heteroatoms. The molecular weight excluding hydrogens is 172 g/mol. The maximum Gasteiger partial charge on any atom is 0.0362 e. The van der Waals surface area contributed by atoms with Crippen molar-refractivity contribution in [1.29, 1.82) is 0 Å². The highest BCUT2D eigenvalue weighted by molar-refractivity contribution is 5.54. The number of hydrogen-bond acceptors (Lipinski definition) is 2. The second-order valence-electron chi connectivity index (χ2n) is 4.35. The molecule has 1 aliphatic carbocycles. The highest BCUT2D eigenvalue weighted by Gasteiger charge is 2.23. The first-order valence-corrected chi connectivity index (χ1v) is 5.36. The molecule has 1 saturated carbocycles. The van der Waals surface area contributed by atoms with Crippen molar-refractivity contribution in [3.8, 4) is 0 Å². The van der Waals surface area contributed by atoms with Gasteiger partial charge in [-0.2, -0.15) is 0 Å². The molecule has 1 aromatic carbocycles. The van der Waals surface area contributed by atoms with E-state index >= 15 is 0 Å². The normalized spacial score (nSPS) is 17.8. The molecule has 76 valence electrons. The van der Waals surface area contributed by atoms with Gasteiger partial charge in [-0.15, -0.1) is 0 Å². The van der Waals surface area contributed by atoms with Crippen LogP contribution in [-0.4, -0.2) is 6.04 Å². The van der Waals surface area contributed by atoms with Crippen molar-refractivity contribution in [1.82, 2.24) is 0 Å². The smallest absolute Gasteiger partial charge is 0.0362 e. The first-order valence-electron chi connectivity index (χ1n) is 5.36. The molecule has 0 saturated heterocycles. The van der Waals surface area contributed by atoms with Gasteiger partial charge in [0.05, 0.1) is 0 Å². The molecule has 0 aliphatic heterocycles. The largest absolute Gasteiger partial charge is 0.399 e. The number of anilines is 2. The lowest BCUT2D eigenvalue weighted by Gasteiger charge is -2.14. The summed E-state index contributed by atoms with van der Waals surface area (Å²) in [7, 11) is 0. The Bertz CT molecular complexity index is 305. The van der Waals surface area contributed by atoms with E-state index in [-0.39, 0.29) is 0 Å². The Hall–Kier alpha value is -1.18. The third-order valence-corrected chi connectivity index (χ3v) is 2.68. The zero-order valence-electron chi connectivity index (χ0n) is 8.66. The van der Waals surface area contributed by atoms with Crippen molar-refractivity contribution in [2.24, 2.45) is 5.92 Å². The summed E-state index contributed by atoms with van der Waals surface area (Å²) in [6, 6.07) is 8.52. The fourth-order valence-electron chi connectivity index (χ4n) is 1.83. The number of rotatable bonds is 4. The summed E-state index contributed by atoms with van der Waals surface area (Å²) < 4.78 is 0. The Morgan fingerprint density at radius 1 is 1.50 bits per heavy atom. The molecule has 1 unspecified atom stereocenters. The Morgan fingerprint density at radius 2 is 2.29 bits per heavy atom. The molecule has 2 rings (SSSR count). The van der Waals surface area contributed by atoms with Gasteiger partial charge in [-0.05, 0) is 37.5 Å². The van der Waals surface area contributed by atoms with Gasteiger partial charge in [0, 0.05) is 17.4 Å². The molecule has 3 N–H and O–H groups in total. The third-order valence-electron chi connectivity index (χ3n) is 2.68. The lowest BCUT2D eigenvalue weighted by atomic mass is 10.1. The summed E-state index contributed by atoms with van der Waals surface area (Å²) in [6.45, 7) is 2.24. The van der Waals surface area contributed by atoms with Crippen molar-refractivity contribution in [2.75, 3.05) is 11.1 Å². The van der Waals surface area contributed by atoms with Crippen molar-refractivity contribution in [3.63, 3.8) is 0 Å².